The molecule has 0 spiro atoms. The van der Waals surface area contributed by atoms with Crippen molar-refractivity contribution < 1.29 is 9.59 Å². The lowest BCUT2D eigenvalue weighted by atomic mass is 10.0. The number of Topliss-reactive ketones (excluding diaryl/α,β-unsaturated/α-hetero) is 1. The van der Waals surface area contributed by atoms with E-state index in [0.717, 1.165) is 33.8 Å². The SMILES string of the molecule is O=C(CCCCCNC(=O)c1ccccc1Br)c1ccccc1Br. The van der Waals surface area contributed by atoms with Crippen molar-refractivity contribution in [1.29, 1.82) is 0 Å². The van der Waals surface area contributed by atoms with Crippen molar-refractivity contribution in [2.75, 3.05) is 6.54 Å². The molecular weight excluding hydrogens is 434 g/mol. The Kier molecular flexibility index (Phi) is 7.66. The van der Waals surface area contributed by atoms with Gasteiger partial charge in [-0.05, 0) is 47.0 Å². The minimum absolute atomic E-state index is 0.0771. The number of carbonyl (C=O) groups is 2. The molecular formula is C19H19Br2NO2. The molecule has 2 rings (SSSR count). The van der Waals surface area contributed by atoms with E-state index < -0.39 is 0 Å². The molecule has 1 amide bonds. The van der Waals surface area contributed by atoms with Crippen LogP contribution in [0.15, 0.2) is 57.5 Å². The second-order valence-corrected chi connectivity index (χ2v) is 7.16. The molecule has 3 nitrogen and oxygen atoms in total. The predicted molar refractivity (Wildman–Crippen MR) is 103 cm³/mol. The summed E-state index contributed by atoms with van der Waals surface area (Å²) in [5, 5.41) is 2.91. The third-order valence-electron chi connectivity index (χ3n) is 3.66. The molecule has 0 heterocycles. The van der Waals surface area contributed by atoms with Crippen LogP contribution >= 0.6 is 31.9 Å². The summed E-state index contributed by atoms with van der Waals surface area (Å²) in [7, 11) is 0. The van der Waals surface area contributed by atoms with Gasteiger partial charge in [0.15, 0.2) is 5.78 Å². The first-order valence-corrected chi connectivity index (χ1v) is 9.48. The fourth-order valence-corrected chi connectivity index (χ4v) is 3.32. The van der Waals surface area contributed by atoms with Crippen LogP contribution in [-0.2, 0) is 0 Å². The first-order chi connectivity index (χ1) is 11.6. The van der Waals surface area contributed by atoms with Gasteiger partial charge >= 0.3 is 0 Å². The van der Waals surface area contributed by atoms with Crippen LogP contribution in [-0.4, -0.2) is 18.2 Å². The van der Waals surface area contributed by atoms with Gasteiger partial charge < -0.3 is 5.32 Å². The van der Waals surface area contributed by atoms with Gasteiger partial charge in [0.2, 0.25) is 0 Å². The first kappa shape index (κ1) is 18.9. The molecule has 0 aliphatic heterocycles. The molecule has 0 aliphatic carbocycles. The van der Waals surface area contributed by atoms with Crippen LogP contribution in [0.3, 0.4) is 0 Å². The van der Waals surface area contributed by atoms with Gasteiger partial charge in [0.1, 0.15) is 0 Å². The fourth-order valence-electron chi connectivity index (χ4n) is 2.35. The number of rotatable bonds is 8. The van der Waals surface area contributed by atoms with Crippen LogP contribution in [0.1, 0.15) is 46.4 Å². The Balaban J connectivity index is 1.65. The number of unbranched alkanes of at least 4 members (excludes halogenated alkanes) is 2. The Hall–Kier alpha value is -1.46. The average Bonchev–Trinajstić information content (AvgIpc) is 2.58. The molecule has 2 aromatic carbocycles. The van der Waals surface area contributed by atoms with E-state index in [-0.39, 0.29) is 11.7 Å². The van der Waals surface area contributed by atoms with Gasteiger partial charge in [-0.1, -0.05) is 52.7 Å². The minimum Gasteiger partial charge on any atom is -0.352 e. The summed E-state index contributed by atoms with van der Waals surface area (Å²) in [6.45, 7) is 0.614. The number of halogens is 2. The van der Waals surface area contributed by atoms with E-state index in [1.807, 2.05) is 42.5 Å². The smallest absolute Gasteiger partial charge is 0.252 e. The van der Waals surface area contributed by atoms with Crippen molar-refractivity contribution in [1.82, 2.24) is 5.32 Å². The largest absolute Gasteiger partial charge is 0.352 e. The summed E-state index contributed by atoms with van der Waals surface area (Å²) in [6, 6.07) is 14.8. The van der Waals surface area contributed by atoms with Crippen molar-refractivity contribution in [2.24, 2.45) is 0 Å². The number of hydrogen-bond donors (Lipinski definition) is 1. The highest BCUT2D eigenvalue weighted by molar-refractivity contribution is 9.10. The lowest BCUT2D eigenvalue weighted by Crippen LogP contribution is -2.24. The minimum atomic E-state index is -0.0771. The zero-order valence-electron chi connectivity index (χ0n) is 13.2. The third-order valence-corrected chi connectivity index (χ3v) is 5.04. The van der Waals surface area contributed by atoms with E-state index in [9.17, 15) is 9.59 Å². The van der Waals surface area contributed by atoms with Crippen molar-refractivity contribution in [3.63, 3.8) is 0 Å². The van der Waals surface area contributed by atoms with E-state index >= 15 is 0 Å². The maximum absolute atomic E-state index is 12.1. The number of carbonyl (C=O) groups excluding carboxylic acids is 2. The molecule has 0 saturated heterocycles. The molecule has 0 aliphatic rings. The first-order valence-electron chi connectivity index (χ1n) is 7.90. The maximum atomic E-state index is 12.1. The number of nitrogens with one attached hydrogen (secondary N) is 1. The fraction of sp³-hybridized carbons (Fsp3) is 0.263. The molecule has 0 fully saturated rings. The second kappa shape index (κ2) is 9.74. The highest BCUT2D eigenvalue weighted by Crippen LogP contribution is 2.19. The summed E-state index contributed by atoms with van der Waals surface area (Å²) in [5.74, 6) is 0.0755. The van der Waals surface area contributed by atoms with E-state index in [0.29, 0.717) is 18.5 Å². The van der Waals surface area contributed by atoms with E-state index in [1.54, 1.807) is 6.07 Å². The van der Waals surface area contributed by atoms with Crippen LogP contribution in [0.2, 0.25) is 0 Å². The topological polar surface area (TPSA) is 46.2 Å². The Bertz CT molecular complexity index is 655. The molecule has 0 unspecified atom stereocenters. The normalized spacial score (nSPS) is 10.4. The zero-order valence-corrected chi connectivity index (χ0v) is 16.4. The second-order valence-electron chi connectivity index (χ2n) is 5.45. The molecule has 0 aromatic heterocycles. The molecule has 2 aromatic rings. The van der Waals surface area contributed by atoms with Gasteiger partial charge in [-0.15, -0.1) is 0 Å². The van der Waals surface area contributed by atoms with Gasteiger partial charge in [-0.2, -0.15) is 0 Å². The van der Waals surface area contributed by atoms with Crippen LogP contribution in [0.5, 0.6) is 0 Å². The summed E-state index contributed by atoms with van der Waals surface area (Å²) < 4.78 is 1.64. The Morgan fingerprint density at radius 2 is 1.38 bits per heavy atom. The van der Waals surface area contributed by atoms with Crippen molar-refractivity contribution >= 4 is 43.6 Å². The molecule has 0 radical (unpaired) electrons. The van der Waals surface area contributed by atoms with E-state index in [2.05, 4.69) is 37.2 Å². The standard InChI is InChI=1S/C19H19Br2NO2/c20-16-10-5-3-8-14(16)18(23)12-2-1-7-13-22-19(24)15-9-4-6-11-17(15)21/h3-6,8-11H,1-2,7,12-13H2,(H,22,24). The lowest BCUT2D eigenvalue weighted by molar-refractivity contribution is 0.0946. The number of hydrogen-bond acceptors (Lipinski definition) is 2. The van der Waals surface area contributed by atoms with Gasteiger partial charge in [0, 0.05) is 27.5 Å². The van der Waals surface area contributed by atoms with Crippen molar-refractivity contribution in [2.45, 2.75) is 25.7 Å². The number of ketones is 1. The predicted octanol–water partition coefficient (Wildman–Crippen LogP) is 5.38. The molecule has 24 heavy (non-hydrogen) atoms. The van der Waals surface area contributed by atoms with Gasteiger partial charge in [-0.25, -0.2) is 0 Å². The zero-order chi connectivity index (χ0) is 17.4. The highest BCUT2D eigenvalue weighted by atomic mass is 79.9. The molecule has 126 valence electrons. The molecule has 0 atom stereocenters. The number of amides is 1. The monoisotopic (exact) mass is 451 g/mol. The Morgan fingerprint density at radius 1 is 0.792 bits per heavy atom. The molecule has 1 N–H and O–H groups in total. The van der Waals surface area contributed by atoms with Gasteiger partial charge in [-0.3, -0.25) is 9.59 Å². The van der Waals surface area contributed by atoms with Crippen LogP contribution in [0, 0.1) is 0 Å². The van der Waals surface area contributed by atoms with E-state index in [1.165, 1.54) is 0 Å². The van der Waals surface area contributed by atoms with Gasteiger partial charge in [0.25, 0.3) is 5.91 Å². The molecule has 0 saturated carbocycles. The van der Waals surface area contributed by atoms with Crippen LogP contribution < -0.4 is 5.32 Å². The van der Waals surface area contributed by atoms with Crippen LogP contribution in [0.4, 0.5) is 0 Å². The highest BCUT2D eigenvalue weighted by Gasteiger charge is 2.10. The lowest BCUT2D eigenvalue weighted by Gasteiger charge is -2.07. The average molecular weight is 453 g/mol. The quantitative estimate of drug-likeness (QED) is 0.431. The Labute approximate surface area is 159 Å². The maximum Gasteiger partial charge on any atom is 0.252 e. The summed E-state index contributed by atoms with van der Waals surface area (Å²) in [4.78, 5) is 24.2. The summed E-state index contributed by atoms with van der Waals surface area (Å²) >= 11 is 6.77. The Morgan fingerprint density at radius 3 is 2.00 bits per heavy atom. The molecule has 0 bridgehead atoms. The van der Waals surface area contributed by atoms with Gasteiger partial charge in [0.05, 0.1) is 5.56 Å². The third kappa shape index (κ3) is 5.56. The van der Waals surface area contributed by atoms with Crippen molar-refractivity contribution in [3.8, 4) is 0 Å². The van der Waals surface area contributed by atoms with Crippen molar-refractivity contribution in [3.05, 3.63) is 68.6 Å². The van der Waals surface area contributed by atoms with Crippen LogP contribution in [0.25, 0.3) is 0 Å². The molecule has 5 heteroatoms. The summed E-state index contributed by atoms with van der Waals surface area (Å²) in [6.07, 6.45) is 3.12. The number of benzene rings is 2. The summed E-state index contributed by atoms with van der Waals surface area (Å²) in [5.41, 5.74) is 1.38. The van der Waals surface area contributed by atoms with E-state index in [4.69, 9.17) is 0 Å².